The van der Waals surface area contributed by atoms with E-state index in [4.69, 9.17) is 31.5 Å². The van der Waals surface area contributed by atoms with Gasteiger partial charge in [-0.2, -0.15) is 0 Å². The average molecular weight is 456 g/mol. The normalized spacial score (nSPS) is 28.1. The van der Waals surface area contributed by atoms with Crippen molar-refractivity contribution in [3.8, 4) is 17.2 Å². The van der Waals surface area contributed by atoms with Crippen molar-refractivity contribution in [2.45, 2.75) is 29.6 Å². The Labute approximate surface area is 190 Å². The zero-order chi connectivity index (χ0) is 22.7. The molecule has 0 bridgehead atoms. The standard InChI is InChI=1S/C25H23ClFNO4/c1-30-18-11-20(31-2)23-21(12-18)32-25(15-6-8-16(26)9-7-15)19(13-22(28)24(23,25)29)14-4-3-5-17(27)10-14/h3-12,19,22,29H,13,28H2,1-2H3/t19-,22-,24+,25-/m1/s1. The number of hydrogen-bond donors (Lipinski definition) is 2. The number of fused-ring (bicyclic) bond motifs is 3. The lowest BCUT2D eigenvalue weighted by atomic mass is 9.71. The fourth-order valence-corrected chi connectivity index (χ4v) is 5.52. The number of nitrogens with two attached hydrogens (primary N) is 1. The van der Waals surface area contributed by atoms with E-state index >= 15 is 0 Å². The molecule has 3 aromatic rings. The molecule has 1 aliphatic heterocycles. The molecule has 7 heteroatoms. The number of benzene rings is 3. The van der Waals surface area contributed by atoms with Gasteiger partial charge in [0.1, 0.15) is 23.1 Å². The van der Waals surface area contributed by atoms with Gasteiger partial charge in [0.05, 0.1) is 19.8 Å². The number of hydrogen-bond acceptors (Lipinski definition) is 5. The summed E-state index contributed by atoms with van der Waals surface area (Å²) in [5.74, 6) is 0.532. The molecule has 0 radical (unpaired) electrons. The molecule has 1 heterocycles. The molecular formula is C25H23ClFNO4. The van der Waals surface area contributed by atoms with Gasteiger partial charge in [0, 0.05) is 29.1 Å². The van der Waals surface area contributed by atoms with E-state index in [1.807, 2.05) is 18.2 Å². The second-order valence-electron chi connectivity index (χ2n) is 8.26. The Balaban J connectivity index is 1.82. The van der Waals surface area contributed by atoms with Crippen LogP contribution in [0.15, 0.2) is 60.7 Å². The third kappa shape index (κ3) is 2.70. The maximum Gasteiger partial charge on any atom is 0.175 e. The van der Waals surface area contributed by atoms with E-state index in [9.17, 15) is 9.50 Å². The molecule has 1 saturated carbocycles. The highest BCUT2D eigenvalue weighted by atomic mass is 35.5. The fraction of sp³-hybridized carbons (Fsp3) is 0.280. The SMILES string of the molecule is COc1cc(OC)c2c(c1)O[C@]1(c3ccc(Cl)cc3)[C@@H](c3cccc(F)c3)C[C@@H](N)[C@]21O. The van der Waals surface area contributed by atoms with E-state index in [-0.39, 0.29) is 5.82 Å². The Kier molecular flexibility index (Phi) is 4.85. The number of aliphatic hydroxyl groups is 1. The molecule has 4 atom stereocenters. The van der Waals surface area contributed by atoms with Crippen LogP contribution in [-0.2, 0) is 11.2 Å². The molecule has 3 N–H and O–H groups in total. The Morgan fingerprint density at radius 2 is 1.84 bits per heavy atom. The summed E-state index contributed by atoms with van der Waals surface area (Å²) in [5.41, 5.74) is 5.50. The number of rotatable bonds is 4. The summed E-state index contributed by atoms with van der Waals surface area (Å²) in [6.45, 7) is 0. The molecule has 1 fully saturated rings. The minimum Gasteiger partial charge on any atom is -0.496 e. The Hall–Kier alpha value is -2.80. The monoisotopic (exact) mass is 455 g/mol. The predicted molar refractivity (Wildman–Crippen MR) is 119 cm³/mol. The summed E-state index contributed by atoms with van der Waals surface area (Å²) < 4.78 is 31.9. The first-order valence-electron chi connectivity index (χ1n) is 10.3. The maximum atomic E-state index is 14.2. The minimum absolute atomic E-state index is 0.368. The molecule has 1 aliphatic carbocycles. The zero-order valence-corrected chi connectivity index (χ0v) is 18.4. The first-order valence-corrected chi connectivity index (χ1v) is 10.7. The second kappa shape index (κ2) is 7.37. The summed E-state index contributed by atoms with van der Waals surface area (Å²) >= 11 is 6.16. The molecule has 3 aromatic carbocycles. The lowest BCUT2D eigenvalue weighted by molar-refractivity contribution is -0.113. The van der Waals surface area contributed by atoms with Crippen molar-refractivity contribution < 1.29 is 23.7 Å². The van der Waals surface area contributed by atoms with E-state index in [1.54, 1.807) is 37.4 Å². The topological polar surface area (TPSA) is 73.9 Å². The number of ether oxygens (including phenoxy) is 3. The quantitative estimate of drug-likeness (QED) is 0.606. The van der Waals surface area contributed by atoms with Gasteiger partial charge in [-0.05, 0) is 41.8 Å². The summed E-state index contributed by atoms with van der Waals surface area (Å²) in [4.78, 5) is 0. The van der Waals surface area contributed by atoms with Gasteiger partial charge in [0.15, 0.2) is 11.2 Å². The first-order chi connectivity index (χ1) is 15.3. The summed E-state index contributed by atoms with van der Waals surface area (Å²) in [6.07, 6.45) is 0.372. The van der Waals surface area contributed by atoms with Crippen LogP contribution in [0.1, 0.15) is 29.0 Å². The Morgan fingerprint density at radius 3 is 2.50 bits per heavy atom. The van der Waals surface area contributed by atoms with Crippen LogP contribution in [0, 0.1) is 5.82 Å². The highest BCUT2D eigenvalue weighted by molar-refractivity contribution is 6.30. The van der Waals surface area contributed by atoms with Crippen molar-refractivity contribution in [2.24, 2.45) is 5.73 Å². The van der Waals surface area contributed by atoms with E-state index in [0.29, 0.717) is 45.4 Å². The van der Waals surface area contributed by atoms with Crippen molar-refractivity contribution in [2.75, 3.05) is 14.2 Å². The van der Waals surface area contributed by atoms with Crippen LogP contribution in [0.3, 0.4) is 0 Å². The van der Waals surface area contributed by atoms with Crippen molar-refractivity contribution in [3.05, 3.63) is 88.2 Å². The Bertz CT molecular complexity index is 1190. The van der Waals surface area contributed by atoms with Crippen LogP contribution in [0.25, 0.3) is 0 Å². The molecular weight excluding hydrogens is 433 g/mol. The van der Waals surface area contributed by atoms with Crippen LogP contribution in [-0.4, -0.2) is 25.4 Å². The molecule has 0 saturated heterocycles. The molecule has 0 amide bonds. The van der Waals surface area contributed by atoms with Gasteiger partial charge in [-0.25, -0.2) is 4.39 Å². The predicted octanol–water partition coefficient (Wildman–Crippen LogP) is 4.49. The largest absolute Gasteiger partial charge is 0.496 e. The third-order valence-corrected chi connectivity index (χ3v) is 7.01. The van der Waals surface area contributed by atoms with E-state index in [1.165, 1.54) is 19.2 Å². The average Bonchev–Trinajstić information content (AvgIpc) is 3.19. The van der Waals surface area contributed by atoms with Crippen molar-refractivity contribution in [1.82, 2.24) is 0 Å². The molecule has 166 valence electrons. The number of halogens is 2. The van der Waals surface area contributed by atoms with Crippen molar-refractivity contribution in [3.63, 3.8) is 0 Å². The van der Waals surface area contributed by atoms with Crippen LogP contribution >= 0.6 is 11.6 Å². The highest BCUT2D eigenvalue weighted by Gasteiger charge is 2.72. The van der Waals surface area contributed by atoms with Crippen LogP contribution in [0.5, 0.6) is 17.2 Å². The van der Waals surface area contributed by atoms with Crippen LogP contribution in [0.2, 0.25) is 5.02 Å². The smallest absolute Gasteiger partial charge is 0.175 e. The summed E-state index contributed by atoms with van der Waals surface area (Å²) in [6, 6.07) is 16.1. The van der Waals surface area contributed by atoms with Gasteiger partial charge in [-0.15, -0.1) is 0 Å². The minimum atomic E-state index is -1.65. The van der Waals surface area contributed by atoms with Gasteiger partial charge >= 0.3 is 0 Å². The zero-order valence-electron chi connectivity index (χ0n) is 17.6. The molecule has 2 aliphatic rings. The number of methoxy groups -OCH3 is 2. The van der Waals surface area contributed by atoms with Crippen molar-refractivity contribution >= 4 is 11.6 Å². The van der Waals surface area contributed by atoms with E-state index < -0.39 is 23.2 Å². The van der Waals surface area contributed by atoms with Crippen LogP contribution < -0.4 is 19.9 Å². The lowest BCUT2D eigenvalue weighted by Crippen LogP contribution is -2.54. The summed E-state index contributed by atoms with van der Waals surface area (Å²) in [7, 11) is 3.06. The fourth-order valence-electron chi connectivity index (χ4n) is 5.40. The molecule has 5 rings (SSSR count). The maximum absolute atomic E-state index is 14.2. The van der Waals surface area contributed by atoms with Gasteiger partial charge in [0.25, 0.3) is 0 Å². The molecule has 32 heavy (non-hydrogen) atoms. The van der Waals surface area contributed by atoms with Gasteiger partial charge in [-0.1, -0.05) is 35.9 Å². The lowest BCUT2D eigenvalue weighted by Gasteiger charge is -2.41. The van der Waals surface area contributed by atoms with E-state index in [0.717, 1.165) is 0 Å². The second-order valence-corrected chi connectivity index (χ2v) is 8.70. The molecule has 0 unspecified atom stereocenters. The molecule has 0 aromatic heterocycles. The molecule has 0 spiro atoms. The van der Waals surface area contributed by atoms with Crippen LogP contribution in [0.4, 0.5) is 4.39 Å². The van der Waals surface area contributed by atoms with Gasteiger partial charge in [0.2, 0.25) is 0 Å². The van der Waals surface area contributed by atoms with Crippen molar-refractivity contribution in [1.29, 1.82) is 0 Å². The summed E-state index contributed by atoms with van der Waals surface area (Å²) in [5, 5.41) is 13.0. The highest BCUT2D eigenvalue weighted by Crippen LogP contribution is 2.68. The first kappa shape index (κ1) is 21.1. The van der Waals surface area contributed by atoms with E-state index in [2.05, 4.69) is 0 Å². The third-order valence-electron chi connectivity index (χ3n) is 6.75. The molecule has 5 nitrogen and oxygen atoms in total. The van der Waals surface area contributed by atoms with Gasteiger partial charge < -0.3 is 25.1 Å². The van der Waals surface area contributed by atoms with Gasteiger partial charge in [-0.3, -0.25) is 0 Å². The Morgan fingerprint density at radius 1 is 1.09 bits per heavy atom.